The number of ether oxygens (including phenoxy) is 1. The van der Waals surface area contributed by atoms with Gasteiger partial charge in [0.05, 0.1) is 10.0 Å². The fourth-order valence-electron chi connectivity index (χ4n) is 2.25. The number of nitrogens with one attached hydrogen (secondary N) is 1. The van der Waals surface area contributed by atoms with Crippen molar-refractivity contribution in [3.8, 4) is 0 Å². The van der Waals surface area contributed by atoms with Crippen molar-refractivity contribution >= 4 is 38.5 Å². The number of benzene rings is 1. The third-order valence-corrected chi connectivity index (χ3v) is 5.17. The van der Waals surface area contributed by atoms with Crippen molar-refractivity contribution in [1.29, 1.82) is 0 Å². The molecule has 0 unspecified atom stereocenters. The molecule has 3 nitrogen and oxygen atoms in total. The summed E-state index contributed by atoms with van der Waals surface area (Å²) in [5, 5.41) is 4.17. The van der Waals surface area contributed by atoms with E-state index in [0.717, 1.165) is 42.7 Å². The van der Waals surface area contributed by atoms with Gasteiger partial charge in [-0.25, -0.2) is 4.39 Å². The third-order valence-electron chi connectivity index (χ3n) is 3.41. The van der Waals surface area contributed by atoms with Gasteiger partial charge in [0.1, 0.15) is 5.82 Å². The summed E-state index contributed by atoms with van der Waals surface area (Å²) in [4.78, 5) is 4.81. The molecule has 2 aliphatic rings. The first-order valence-electron chi connectivity index (χ1n) is 6.19. The summed E-state index contributed by atoms with van der Waals surface area (Å²) in [7, 11) is 0. The zero-order chi connectivity index (χ0) is 13.3. The molecule has 1 saturated heterocycles. The van der Waals surface area contributed by atoms with E-state index in [1.807, 2.05) is 0 Å². The van der Waals surface area contributed by atoms with Gasteiger partial charge >= 0.3 is 0 Å². The van der Waals surface area contributed by atoms with Crippen LogP contribution in [0.15, 0.2) is 27.7 Å². The average Bonchev–Trinajstić information content (AvgIpc) is 2.78. The Bertz CT molecular complexity index is 517. The highest BCUT2D eigenvalue weighted by atomic mass is 79.9. The van der Waals surface area contributed by atoms with E-state index in [-0.39, 0.29) is 11.4 Å². The van der Waals surface area contributed by atoms with E-state index < -0.39 is 0 Å². The molecular weight excluding hydrogens is 331 g/mol. The van der Waals surface area contributed by atoms with Gasteiger partial charge in [-0.1, -0.05) is 11.8 Å². The number of rotatable bonds is 1. The summed E-state index contributed by atoms with van der Waals surface area (Å²) in [6.07, 6.45) is 1.97. The Hall–Kier alpha value is -0.590. The Labute approximate surface area is 124 Å². The minimum Gasteiger partial charge on any atom is -0.381 e. The van der Waals surface area contributed by atoms with Crippen molar-refractivity contribution in [1.82, 2.24) is 0 Å². The molecule has 2 aliphatic heterocycles. The Morgan fingerprint density at radius 2 is 2.16 bits per heavy atom. The fourth-order valence-corrected chi connectivity index (χ4v) is 3.84. The van der Waals surface area contributed by atoms with Crippen LogP contribution in [-0.4, -0.2) is 29.7 Å². The van der Waals surface area contributed by atoms with Crippen molar-refractivity contribution in [3.63, 3.8) is 0 Å². The second-order valence-corrected chi connectivity index (χ2v) is 6.61. The van der Waals surface area contributed by atoms with Crippen molar-refractivity contribution in [2.24, 2.45) is 4.99 Å². The van der Waals surface area contributed by atoms with Crippen LogP contribution >= 0.6 is 27.7 Å². The summed E-state index contributed by atoms with van der Waals surface area (Å²) < 4.78 is 19.0. The lowest BCUT2D eigenvalue weighted by atomic mass is 9.93. The van der Waals surface area contributed by atoms with Gasteiger partial charge in [-0.2, -0.15) is 0 Å². The highest BCUT2D eigenvalue weighted by Crippen LogP contribution is 2.36. The third kappa shape index (κ3) is 2.95. The standard InChI is InChI=1S/C13H14BrFN2OS/c14-10-7-9(1-2-11(10)15)16-12-17-13(8-19-12)3-5-18-6-4-13/h1-2,7H,3-6,8H2,(H,16,17). The average molecular weight is 345 g/mol. The number of nitrogens with zero attached hydrogens (tertiary/aromatic N) is 1. The maximum absolute atomic E-state index is 13.2. The predicted molar refractivity (Wildman–Crippen MR) is 80.4 cm³/mol. The van der Waals surface area contributed by atoms with Gasteiger partial charge in [0.15, 0.2) is 5.17 Å². The van der Waals surface area contributed by atoms with Gasteiger partial charge in [-0.15, -0.1) is 0 Å². The van der Waals surface area contributed by atoms with Crippen LogP contribution in [0.4, 0.5) is 10.1 Å². The summed E-state index contributed by atoms with van der Waals surface area (Å²) in [6.45, 7) is 1.58. The van der Waals surface area contributed by atoms with E-state index in [2.05, 4.69) is 21.2 Å². The molecule has 3 rings (SSSR count). The maximum Gasteiger partial charge on any atom is 0.161 e. The first-order valence-corrected chi connectivity index (χ1v) is 7.97. The lowest BCUT2D eigenvalue weighted by Crippen LogP contribution is -2.34. The molecule has 0 aromatic heterocycles. The smallest absolute Gasteiger partial charge is 0.161 e. The summed E-state index contributed by atoms with van der Waals surface area (Å²) >= 11 is 4.91. The number of halogens is 2. The van der Waals surface area contributed by atoms with E-state index in [1.54, 1.807) is 23.9 Å². The Kier molecular flexibility index (Phi) is 3.82. The number of anilines is 1. The Morgan fingerprint density at radius 3 is 2.89 bits per heavy atom. The molecule has 0 atom stereocenters. The quantitative estimate of drug-likeness (QED) is 0.844. The van der Waals surface area contributed by atoms with Gasteiger partial charge < -0.3 is 10.1 Å². The zero-order valence-electron chi connectivity index (χ0n) is 10.3. The van der Waals surface area contributed by atoms with Gasteiger partial charge in [-0.05, 0) is 47.0 Å². The molecule has 1 N–H and O–H groups in total. The molecule has 2 heterocycles. The zero-order valence-corrected chi connectivity index (χ0v) is 12.7. The molecule has 0 radical (unpaired) electrons. The van der Waals surface area contributed by atoms with Gasteiger partial charge in [-0.3, -0.25) is 4.99 Å². The molecule has 1 aromatic rings. The van der Waals surface area contributed by atoms with Crippen LogP contribution in [0.25, 0.3) is 0 Å². The summed E-state index contributed by atoms with van der Waals surface area (Å²) in [6, 6.07) is 4.89. The van der Waals surface area contributed by atoms with E-state index in [4.69, 9.17) is 9.73 Å². The van der Waals surface area contributed by atoms with Crippen molar-refractivity contribution in [2.45, 2.75) is 18.4 Å². The van der Waals surface area contributed by atoms with Gasteiger partial charge in [0.2, 0.25) is 0 Å². The van der Waals surface area contributed by atoms with Gasteiger partial charge in [0, 0.05) is 24.7 Å². The topological polar surface area (TPSA) is 33.6 Å². The minimum absolute atomic E-state index is 0.0442. The largest absolute Gasteiger partial charge is 0.381 e. The molecule has 0 bridgehead atoms. The molecule has 0 amide bonds. The molecule has 1 fully saturated rings. The van der Waals surface area contributed by atoms with Crippen LogP contribution in [0, 0.1) is 5.82 Å². The molecule has 19 heavy (non-hydrogen) atoms. The first-order chi connectivity index (χ1) is 9.17. The summed E-state index contributed by atoms with van der Waals surface area (Å²) in [5.74, 6) is 0.744. The molecule has 1 spiro atoms. The van der Waals surface area contributed by atoms with Crippen molar-refractivity contribution in [3.05, 3.63) is 28.5 Å². The van der Waals surface area contributed by atoms with Crippen LogP contribution in [-0.2, 0) is 4.74 Å². The Morgan fingerprint density at radius 1 is 1.37 bits per heavy atom. The maximum atomic E-state index is 13.2. The fraction of sp³-hybridized carbons (Fsp3) is 0.462. The van der Waals surface area contributed by atoms with E-state index in [1.165, 1.54) is 6.07 Å². The monoisotopic (exact) mass is 344 g/mol. The SMILES string of the molecule is Fc1ccc(NC2=NC3(CCOCC3)CS2)cc1Br. The predicted octanol–water partition coefficient (Wildman–Crippen LogP) is 3.65. The lowest BCUT2D eigenvalue weighted by molar-refractivity contribution is 0.0624. The molecule has 0 aliphatic carbocycles. The lowest BCUT2D eigenvalue weighted by Gasteiger charge is -2.29. The van der Waals surface area contributed by atoms with Gasteiger partial charge in [0.25, 0.3) is 0 Å². The number of hydrogen-bond donors (Lipinski definition) is 1. The first kappa shape index (κ1) is 13.4. The number of amidine groups is 1. The molecule has 102 valence electrons. The molecule has 1 aromatic carbocycles. The number of thioether (sulfide) groups is 1. The molecule has 6 heteroatoms. The Balaban J connectivity index is 1.73. The van der Waals surface area contributed by atoms with Crippen LogP contribution in [0.5, 0.6) is 0 Å². The van der Waals surface area contributed by atoms with Crippen LogP contribution in [0.1, 0.15) is 12.8 Å². The van der Waals surface area contributed by atoms with E-state index >= 15 is 0 Å². The molecular formula is C13H14BrFN2OS. The van der Waals surface area contributed by atoms with Crippen LogP contribution < -0.4 is 5.32 Å². The van der Waals surface area contributed by atoms with Crippen LogP contribution in [0.3, 0.4) is 0 Å². The van der Waals surface area contributed by atoms with Crippen molar-refractivity contribution in [2.75, 3.05) is 24.3 Å². The highest BCUT2D eigenvalue weighted by Gasteiger charge is 2.37. The second kappa shape index (κ2) is 5.42. The van der Waals surface area contributed by atoms with E-state index in [9.17, 15) is 4.39 Å². The number of aliphatic imine (C=N–C) groups is 1. The van der Waals surface area contributed by atoms with E-state index in [0.29, 0.717) is 4.47 Å². The summed E-state index contributed by atoms with van der Waals surface area (Å²) in [5.41, 5.74) is 0.895. The molecule has 0 saturated carbocycles. The second-order valence-electron chi connectivity index (χ2n) is 4.80. The normalized spacial score (nSPS) is 21.5. The number of hydrogen-bond acceptors (Lipinski definition) is 4. The van der Waals surface area contributed by atoms with Crippen LogP contribution in [0.2, 0.25) is 0 Å². The minimum atomic E-state index is -0.257. The highest BCUT2D eigenvalue weighted by molar-refractivity contribution is 9.10. The van der Waals surface area contributed by atoms with Crippen molar-refractivity contribution < 1.29 is 9.13 Å².